The maximum Gasteiger partial charge on any atom is 0.259 e. The number of carboxylic acid groups (broad SMARTS) is 1. The lowest BCUT2D eigenvalue weighted by atomic mass is 9.95. The summed E-state index contributed by atoms with van der Waals surface area (Å²) in [6.45, 7) is 9.39. The lowest BCUT2D eigenvalue weighted by Gasteiger charge is -2.55. The van der Waals surface area contributed by atoms with Gasteiger partial charge in [-0.15, -0.1) is 0 Å². The number of pyridine rings is 1. The SMILES string of the molecule is C[C@H]1CN(Cc2ccc(N(C)C(=O)c3ccc(Cl)nc3)cc2F)CC[N+]1(C(=O)[O-])C(C)(C)C. The number of piperazine rings is 1. The number of benzene rings is 1. The van der Waals surface area contributed by atoms with Crippen LogP contribution in [0.2, 0.25) is 5.15 Å². The Labute approximate surface area is 199 Å². The van der Waals surface area contributed by atoms with Crippen molar-refractivity contribution < 1.29 is 23.6 Å². The van der Waals surface area contributed by atoms with Gasteiger partial charge in [0, 0.05) is 37.6 Å². The molecule has 1 unspecified atom stereocenters. The molecule has 3 rings (SSSR count). The molecule has 1 saturated heterocycles. The van der Waals surface area contributed by atoms with Crippen LogP contribution in [0.1, 0.15) is 43.6 Å². The molecule has 7 nitrogen and oxygen atoms in total. The monoisotopic (exact) mass is 476 g/mol. The molecule has 1 aromatic heterocycles. The van der Waals surface area contributed by atoms with E-state index in [2.05, 4.69) is 9.88 Å². The molecule has 0 aliphatic carbocycles. The summed E-state index contributed by atoms with van der Waals surface area (Å²) < 4.78 is 14.8. The maximum absolute atomic E-state index is 14.9. The van der Waals surface area contributed by atoms with Crippen LogP contribution in [0.25, 0.3) is 0 Å². The highest BCUT2D eigenvalue weighted by atomic mass is 35.5. The normalized spacial score (nSPS) is 21.6. The number of nitrogens with zero attached hydrogens (tertiary/aromatic N) is 4. The molecule has 2 atom stereocenters. The molecule has 1 aromatic carbocycles. The van der Waals surface area contributed by atoms with Gasteiger partial charge in [-0.05, 0) is 52.0 Å². The van der Waals surface area contributed by atoms with Gasteiger partial charge in [-0.3, -0.25) is 14.2 Å². The van der Waals surface area contributed by atoms with Crippen molar-refractivity contribution in [1.29, 1.82) is 0 Å². The van der Waals surface area contributed by atoms with E-state index in [1.807, 2.05) is 27.7 Å². The van der Waals surface area contributed by atoms with Crippen molar-refractivity contribution >= 4 is 29.3 Å². The van der Waals surface area contributed by atoms with Crippen LogP contribution in [0.15, 0.2) is 36.5 Å². The average Bonchev–Trinajstić information content (AvgIpc) is 2.73. The molecular weight excluding hydrogens is 447 g/mol. The number of amides is 2. The van der Waals surface area contributed by atoms with E-state index in [4.69, 9.17) is 11.6 Å². The zero-order valence-corrected chi connectivity index (χ0v) is 20.4. The highest BCUT2D eigenvalue weighted by molar-refractivity contribution is 6.29. The van der Waals surface area contributed by atoms with Gasteiger partial charge in [-0.25, -0.2) is 9.37 Å². The Morgan fingerprint density at radius 1 is 1.30 bits per heavy atom. The van der Waals surface area contributed by atoms with Crippen molar-refractivity contribution in [1.82, 2.24) is 9.88 Å². The summed E-state index contributed by atoms with van der Waals surface area (Å²) in [6, 6.07) is 7.59. The Kier molecular flexibility index (Phi) is 7.12. The Balaban J connectivity index is 1.72. The molecular formula is C24H30ClFN4O3. The number of hydrogen-bond acceptors (Lipinski definition) is 5. The summed E-state index contributed by atoms with van der Waals surface area (Å²) in [6.07, 6.45) is 0.306. The molecule has 9 heteroatoms. The van der Waals surface area contributed by atoms with Crippen LogP contribution in [-0.4, -0.2) is 64.6 Å². The zero-order valence-electron chi connectivity index (χ0n) is 19.6. The summed E-state index contributed by atoms with van der Waals surface area (Å²) in [5, 5.41) is 12.4. The van der Waals surface area contributed by atoms with Gasteiger partial charge in [0.1, 0.15) is 17.0 Å². The lowest BCUT2D eigenvalue weighted by Crippen LogP contribution is -2.76. The molecule has 2 aromatic rings. The molecule has 0 saturated carbocycles. The largest absolute Gasteiger partial charge is 0.498 e. The Morgan fingerprint density at radius 2 is 2.00 bits per heavy atom. The standard InChI is InChI=1S/C24H30ClFN4O3/c1-16-14-29(10-11-30(16,23(32)33)24(2,3)4)15-18-6-8-19(12-20(18)26)28(5)22(31)17-7-9-21(25)27-13-17/h6-9,12-13,16H,10-11,14-15H2,1-5H3/t16-,30?/m0/s1. The zero-order chi connectivity index (χ0) is 24.6. The summed E-state index contributed by atoms with van der Waals surface area (Å²) in [5.74, 6) is -0.745. The first-order valence-corrected chi connectivity index (χ1v) is 11.2. The number of anilines is 1. The van der Waals surface area contributed by atoms with Crippen molar-refractivity contribution in [3.8, 4) is 0 Å². The molecule has 1 aliphatic heterocycles. The van der Waals surface area contributed by atoms with Crippen molar-refractivity contribution in [3.05, 3.63) is 58.6 Å². The van der Waals surface area contributed by atoms with E-state index in [0.717, 1.165) is 0 Å². The third-order valence-corrected chi connectivity index (χ3v) is 6.89. The van der Waals surface area contributed by atoms with Crippen molar-refractivity contribution in [2.75, 3.05) is 31.6 Å². The number of hydrogen-bond donors (Lipinski definition) is 0. The van der Waals surface area contributed by atoms with Crippen LogP contribution in [0.4, 0.5) is 14.9 Å². The molecule has 1 aliphatic rings. The Hall–Kier alpha value is -2.55. The number of quaternary nitrogens is 1. The van der Waals surface area contributed by atoms with Crippen molar-refractivity contribution in [2.45, 2.75) is 45.8 Å². The average molecular weight is 477 g/mol. The highest BCUT2D eigenvalue weighted by Crippen LogP contribution is 2.32. The maximum atomic E-state index is 14.9. The number of halogens is 2. The van der Waals surface area contributed by atoms with Gasteiger partial charge in [-0.2, -0.15) is 0 Å². The smallest absolute Gasteiger partial charge is 0.259 e. The molecule has 2 heterocycles. The first kappa shape index (κ1) is 25.1. The van der Waals surface area contributed by atoms with E-state index in [1.165, 1.54) is 23.2 Å². The van der Waals surface area contributed by atoms with E-state index >= 15 is 0 Å². The highest BCUT2D eigenvalue weighted by Gasteiger charge is 2.49. The van der Waals surface area contributed by atoms with Crippen LogP contribution < -0.4 is 10.0 Å². The molecule has 0 N–H and O–H groups in total. The molecule has 178 valence electrons. The number of aromatic nitrogens is 1. The van der Waals surface area contributed by atoms with Crippen molar-refractivity contribution in [2.24, 2.45) is 0 Å². The Bertz CT molecular complexity index is 1040. The fraction of sp³-hybridized carbons (Fsp3) is 0.458. The number of carbonyl (C=O) groups excluding carboxylic acids is 2. The molecule has 33 heavy (non-hydrogen) atoms. The Morgan fingerprint density at radius 3 is 2.52 bits per heavy atom. The van der Waals surface area contributed by atoms with Gasteiger partial charge in [0.25, 0.3) is 12.0 Å². The summed E-state index contributed by atoms with van der Waals surface area (Å²) in [4.78, 5) is 32.1. The molecule has 0 radical (unpaired) electrons. The first-order valence-electron chi connectivity index (χ1n) is 10.9. The van der Waals surface area contributed by atoms with Gasteiger partial charge in [0.2, 0.25) is 0 Å². The van der Waals surface area contributed by atoms with Crippen LogP contribution in [-0.2, 0) is 6.54 Å². The van der Waals surface area contributed by atoms with E-state index in [0.29, 0.717) is 43.0 Å². The number of carbonyl (C=O) groups is 2. The van der Waals surface area contributed by atoms with Crippen LogP contribution >= 0.6 is 11.6 Å². The predicted molar refractivity (Wildman–Crippen MR) is 123 cm³/mol. The van der Waals surface area contributed by atoms with E-state index in [-0.39, 0.29) is 21.6 Å². The van der Waals surface area contributed by atoms with Gasteiger partial charge in [0.05, 0.1) is 24.2 Å². The molecule has 0 bridgehead atoms. The minimum atomic E-state index is -1.08. The topological polar surface area (TPSA) is 76.6 Å². The van der Waals surface area contributed by atoms with Gasteiger partial charge in [-0.1, -0.05) is 17.7 Å². The fourth-order valence-corrected chi connectivity index (χ4v) is 4.85. The summed E-state index contributed by atoms with van der Waals surface area (Å²) in [5.41, 5.74) is 0.753. The second-order valence-corrected chi connectivity index (χ2v) is 10.0. The second-order valence-electron chi connectivity index (χ2n) is 9.62. The minimum Gasteiger partial charge on any atom is -0.498 e. The third-order valence-electron chi connectivity index (χ3n) is 6.66. The second kappa shape index (κ2) is 9.37. The summed E-state index contributed by atoms with van der Waals surface area (Å²) >= 11 is 5.77. The summed E-state index contributed by atoms with van der Waals surface area (Å²) in [7, 11) is 1.57. The molecule has 2 amide bonds. The lowest BCUT2D eigenvalue weighted by molar-refractivity contribution is -0.943. The van der Waals surface area contributed by atoms with E-state index in [9.17, 15) is 19.1 Å². The van der Waals surface area contributed by atoms with Gasteiger partial charge in [0.15, 0.2) is 0 Å². The van der Waals surface area contributed by atoms with Gasteiger partial charge < -0.3 is 14.8 Å². The molecule has 1 fully saturated rings. The minimum absolute atomic E-state index is 0.128. The van der Waals surface area contributed by atoms with Crippen LogP contribution in [0.3, 0.4) is 0 Å². The van der Waals surface area contributed by atoms with Crippen LogP contribution in [0.5, 0.6) is 0 Å². The van der Waals surface area contributed by atoms with E-state index in [1.54, 1.807) is 25.2 Å². The third kappa shape index (κ3) is 4.88. The van der Waals surface area contributed by atoms with Crippen molar-refractivity contribution in [3.63, 3.8) is 0 Å². The predicted octanol–water partition coefficient (Wildman–Crippen LogP) is 3.31. The van der Waals surface area contributed by atoms with E-state index < -0.39 is 17.4 Å². The number of rotatable bonds is 4. The van der Waals surface area contributed by atoms with Gasteiger partial charge >= 0.3 is 0 Å². The quantitative estimate of drug-likeness (QED) is 0.500. The first-order chi connectivity index (χ1) is 15.4. The molecule has 0 spiro atoms. The van der Waals surface area contributed by atoms with Crippen LogP contribution in [0, 0.1) is 5.82 Å². The fourth-order valence-electron chi connectivity index (χ4n) is 4.74.